The lowest BCUT2D eigenvalue weighted by molar-refractivity contribution is -0.0648. The van der Waals surface area contributed by atoms with Gasteiger partial charge in [0.25, 0.3) is 0 Å². The summed E-state index contributed by atoms with van der Waals surface area (Å²) < 4.78 is 5.74. The Bertz CT molecular complexity index is 408. The summed E-state index contributed by atoms with van der Waals surface area (Å²) in [6, 6.07) is 9.85. The molecule has 1 aromatic carbocycles. The fourth-order valence-corrected chi connectivity index (χ4v) is 3.28. The van der Waals surface area contributed by atoms with E-state index in [1.54, 1.807) is 0 Å². The molecule has 0 aliphatic carbocycles. The number of para-hydroxylation sites is 1. The average molecular weight is 260 g/mol. The third kappa shape index (κ3) is 2.77. The topological polar surface area (TPSA) is 24.5 Å². The summed E-state index contributed by atoms with van der Waals surface area (Å²) in [5.41, 5.74) is 2.78. The van der Waals surface area contributed by atoms with E-state index >= 15 is 0 Å². The molecule has 1 saturated heterocycles. The van der Waals surface area contributed by atoms with Crippen LogP contribution in [0.1, 0.15) is 25.8 Å². The molecular formula is C16H24N2O. The van der Waals surface area contributed by atoms with E-state index < -0.39 is 0 Å². The maximum atomic E-state index is 5.74. The molecule has 1 aromatic rings. The van der Waals surface area contributed by atoms with E-state index in [9.17, 15) is 0 Å². The highest BCUT2D eigenvalue weighted by molar-refractivity contribution is 5.52. The lowest BCUT2D eigenvalue weighted by atomic mass is 10.0. The number of anilines is 1. The fourth-order valence-electron chi connectivity index (χ4n) is 3.28. The number of benzene rings is 1. The van der Waals surface area contributed by atoms with Crippen LogP contribution in [0.25, 0.3) is 0 Å². The Morgan fingerprint density at radius 2 is 2.11 bits per heavy atom. The molecule has 3 atom stereocenters. The molecule has 2 aliphatic heterocycles. The molecule has 0 bridgehead atoms. The average Bonchev–Trinajstić information content (AvgIpc) is 2.64. The Kier molecular flexibility index (Phi) is 3.76. The van der Waals surface area contributed by atoms with Gasteiger partial charge in [-0.25, -0.2) is 0 Å². The van der Waals surface area contributed by atoms with Crippen LogP contribution >= 0.6 is 0 Å². The first kappa shape index (κ1) is 12.9. The zero-order valence-electron chi connectivity index (χ0n) is 11.9. The summed E-state index contributed by atoms with van der Waals surface area (Å²) >= 11 is 0. The SMILES string of the molecule is CC1CN(C2CCc3ccccc3NC2)C(C)CO1. The lowest BCUT2D eigenvalue weighted by Crippen LogP contribution is -2.53. The number of fused-ring (bicyclic) bond motifs is 1. The van der Waals surface area contributed by atoms with Crippen LogP contribution in [-0.4, -0.2) is 42.8 Å². The summed E-state index contributed by atoms with van der Waals surface area (Å²) in [6.07, 6.45) is 2.77. The second kappa shape index (κ2) is 5.51. The first-order valence-corrected chi connectivity index (χ1v) is 7.43. The minimum atomic E-state index is 0.363. The highest BCUT2D eigenvalue weighted by Gasteiger charge is 2.30. The first-order valence-electron chi connectivity index (χ1n) is 7.43. The largest absolute Gasteiger partial charge is 0.383 e. The summed E-state index contributed by atoms with van der Waals surface area (Å²) in [7, 11) is 0. The molecule has 1 N–H and O–H groups in total. The highest BCUT2D eigenvalue weighted by Crippen LogP contribution is 2.25. The normalized spacial score (nSPS) is 32.2. The Hall–Kier alpha value is -1.06. The van der Waals surface area contributed by atoms with Crippen LogP contribution in [0.4, 0.5) is 5.69 Å². The van der Waals surface area contributed by atoms with Crippen molar-refractivity contribution in [2.75, 3.05) is 25.0 Å². The van der Waals surface area contributed by atoms with E-state index in [2.05, 4.69) is 48.3 Å². The van der Waals surface area contributed by atoms with Crippen molar-refractivity contribution in [3.8, 4) is 0 Å². The Labute approximate surface area is 115 Å². The Balaban J connectivity index is 1.71. The number of hydrogen-bond donors (Lipinski definition) is 1. The van der Waals surface area contributed by atoms with Crippen molar-refractivity contribution in [3.05, 3.63) is 29.8 Å². The van der Waals surface area contributed by atoms with Crippen molar-refractivity contribution < 1.29 is 4.74 Å². The van der Waals surface area contributed by atoms with Crippen molar-refractivity contribution in [2.24, 2.45) is 0 Å². The quantitative estimate of drug-likeness (QED) is 0.839. The van der Waals surface area contributed by atoms with Gasteiger partial charge in [0.1, 0.15) is 0 Å². The van der Waals surface area contributed by atoms with Gasteiger partial charge in [0.2, 0.25) is 0 Å². The van der Waals surface area contributed by atoms with Gasteiger partial charge in [0.15, 0.2) is 0 Å². The van der Waals surface area contributed by atoms with Gasteiger partial charge in [0, 0.05) is 30.9 Å². The fraction of sp³-hybridized carbons (Fsp3) is 0.625. The summed E-state index contributed by atoms with van der Waals surface area (Å²) in [6.45, 7) is 7.43. The molecule has 104 valence electrons. The molecule has 0 spiro atoms. The summed E-state index contributed by atoms with van der Waals surface area (Å²) in [5, 5.41) is 3.63. The molecule has 1 fully saturated rings. The Morgan fingerprint density at radius 1 is 1.26 bits per heavy atom. The molecule has 3 nitrogen and oxygen atoms in total. The molecule has 3 rings (SSSR count). The molecule has 3 heteroatoms. The maximum absolute atomic E-state index is 5.74. The van der Waals surface area contributed by atoms with E-state index in [0.717, 1.165) is 19.7 Å². The van der Waals surface area contributed by atoms with Crippen LogP contribution in [0.3, 0.4) is 0 Å². The molecule has 19 heavy (non-hydrogen) atoms. The smallest absolute Gasteiger partial charge is 0.0674 e. The van der Waals surface area contributed by atoms with Crippen molar-refractivity contribution in [1.29, 1.82) is 0 Å². The zero-order chi connectivity index (χ0) is 13.2. The second-order valence-electron chi connectivity index (χ2n) is 5.92. The van der Waals surface area contributed by atoms with Crippen molar-refractivity contribution in [3.63, 3.8) is 0 Å². The molecule has 0 radical (unpaired) electrons. The molecule has 0 amide bonds. The summed E-state index contributed by atoms with van der Waals surface area (Å²) in [4.78, 5) is 2.63. The van der Waals surface area contributed by atoms with Crippen LogP contribution in [0, 0.1) is 0 Å². The monoisotopic (exact) mass is 260 g/mol. The van der Waals surface area contributed by atoms with E-state index in [1.165, 1.54) is 24.1 Å². The van der Waals surface area contributed by atoms with Crippen LogP contribution in [0.2, 0.25) is 0 Å². The Morgan fingerprint density at radius 3 is 3.00 bits per heavy atom. The minimum Gasteiger partial charge on any atom is -0.383 e. The van der Waals surface area contributed by atoms with Crippen LogP contribution in [0.5, 0.6) is 0 Å². The van der Waals surface area contributed by atoms with Crippen LogP contribution < -0.4 is 5.32 Å². The molecular weight excluding hydrogens is 236 g/mol. The number of hydrogen-bond acceptors (Lipinski definition) is 3. The second-order valence-corrected chi connectivity index (χ2v) is 5.92. The third-order valence-corrected chi connectivity index (χ3v) is 4.42. The van der Waals surface area contributed by atoms with E-state index in [-0.39, 0.29) is 0 Å². The molecule has 3 unspecified atom stereocenters. The number of aryl methyl sites for hydroxylation is 1. The van der Waals surface area contributed by atoms with Gasteiger partial charge < -0.3 is 10.1 Å². The van der Waals surface area contributed by atoms with Gasteiger partial charge in [-0.15, -0.1) is 0 Å². The predicted molar refractivity (Wildman–Crippen MR) is 78.6 cm³/mol. The van der Waals surface area contributed by atoms with Gasteiger partial charge in [0.05, 0.1) is 12.7 Å². The molecule has 0 saturated carbocycles. The van der Waals surface area contributed by atoms with Crippen LogP contribution in [0.15, 0.2) is 24.3 Å². The number of ether oxygens (including phenoxy) is 1. The predicted octanol–water partition coefficient (Wildman–Crippen LogP) is 2.52. The third-order valence-electron chi connectivity index (χ3n) is 4.42. The zero-order valence-corrected chi connectivity index (χ0v) is 11.9. The van der Waals surface area contributed by atoms with Crippen molar-refractivity contribution in [2.45, 2.75) is 44.9 Å². The maximum Gasteiger partial charge on any atom is 0.0674 e. The van der Waals surface area contributed by atoms with Gasteiger partial charge in [-0.3, -0.25) is 4.90 Å². The van der Waals surface area contributed by atoms with Gasteiger partial charge in [-0.1, -0.05) is 18.2 Å². The summed E-state index contributed by atoms with van der Waals surface area (Å²) in [5.74, 6) is 0. The molecule has 2 heterocycles. The van der Waals surface area contributed by atoms with Gasteiger partial charge >= 0.3 is 0 Å². The molecule has 0 aromatic heterocycles. The highest BCUT2D eigenvalue weighted by atomic mass is 16.5. The number of nitrogens with one attached hydrogen (secondary N) is 1. The first-order chi connectivity index (χ1) is 9.24. The van der Waals surface area contributed by atoms with E-state index in [1.807, 2.05) is 0 Å². The number of rotatable bonds is 1. The van der Waals surface area contributed by atoms with Gasteiger partial charge in [-0.05, 0) is 38.3 Å². The standard InChI is InChI=1S/C16H24N2O/c1-12-11-19-13(2)10-18(12)15-8-7-14-5-3-4-6-16(14)17-9-15/h3-6,12-13,15,17H,7-11H2,1-2H3. The van der Waals surface area contributed by atoms with E-state index in [4.69, 9.17) is 4.74 Å². The lowest BCUT2D eigenvalue weighted by Gasteiger charge is -2.41. The van der Waals surface area contributed by atoms with E-state index in [0.29, 0.717) is 18.2 Å². The van der Waals surface area contributed by atoms with Gasteiger partial charge in [-0.2, -0.15) is 0 Å². The minimum absolute atomic E-state index is 0.363. The number of nitrogens with zero attached hydrogens (tertiary/aromatic N) is 1. The van der Waals surface area contributed by atoms with Crippen molar-refractivity contribution >= 4 is 5.69 Å². The number of morpholine rings is 1. The van der Waals surface area contributed by atoms with Crippen molar-refractivity contribution in [1.82, 2.24) is 4.90 Å². The van der Waals surface area contributed by atoms with Crippen LogP contribution in [-0.2, 0) is 11.2 Å². The molecule has 2 aliphatic rings.